The molecular formula is C21H15Cl3N4. The Hall–Kier alpha value is -2.40. The normalized spacial score (nSPS) is 12.1. The fraction of sp³-hybridized carbons (Fsp3) is 0.0952. The number of aromatic amines is 1. The van der Waals surface area contributed by atoms with E-state index in [1.54, 1.807) is 12.1 Å². The molecule has 2 aromatic carbocycles. The zero-order valence-corrected chi connectivity index (χ0v) is 17.1. The van der Waals surface area contributed by atoms with Gasteiger partial charge in [0.1, 0.15) is 5.82 Å². The maximum atomic E-state index is 6.13. The van der Waals surface area contributed by atoms with Crippen LogP contribution in [0.15, 0.2) is 60.8 Å². The third-order valence-electron chi connectivity index (χ3n) is 4.39. The third-order valence-corrected chi connectivity index (χ3v) is 5.38. The average Bonchev–Trinajstić information content (AvgIpc) is 3.17. The monoisotopic (exact) mass is 428 g/mol. The average molecular weight is 430 g/mol. The summed E-state index contributed by atoms with van der Waals surface area (Å²) in [5.41, 5.74) is 3.75. The molecule has 0 radical (unpaired) electrons. The zero-order chi connectivity index (χ0) is 19.7. The Labute approximate surface area is 177 Å². The minimum absolute atomic E-state index is 0.207. The van der Waals surface area contributed by atoms with Crippen LogP contribution in [0.25, 0.3) is 11.4 Å². The summed E-state index contributed by atoms with van der Waals surface area (Å²) in [5, 5.41) is 9.05. The highest BCUT2D eigenvalue weighted by Gasteiger charge is 2.22. The number of benzene rings is 2. The molecule has 0 spiro atoms. The van der Waals surface area contributed by atoms with Crippen LogP contribution in [0.5, 0.6) is 0 Å². The Morgan fingerprint density at radius 3 is 2.36 bits per heavy atom. The van der Waals surface area contributed by atoms with Gasteiger partial charge in [-0.2, -0.15) is 5.10 Å². The van der Waals surface area contributed by atoms with Crippen molar-refractivity contribution < 1.29 is 0 Å². The maximum Gasteiger partial charge on any atom is 0.181 e. The van der Waals surface area contributed by atoms with Gasteiger partial charge in [0, 0.05) is 16.8 Å². The van der Waals surface area contributed by atoms with E-state index in [1.165, 1.54) is 0 Å². The first-order chi connectivity index (χ1) is 13.5. The molecule has 0 saturated carbocycles. The van der Waals surface area contributed by atoms with E-state index in [4.69, 9.17) is 39.8 Å². The largest absolute Gasteiger partial charge is 0.262 e. The highest BCUT2D eigenvalue weighted by molar-refractivity contribution is 6.42. The van der Waals surface area contributed by atoms with E-state index in [9.17, 15) is 0 Å². The first kappa shape index (κ1) is 18.9. The first-order valence-electron chi connectivity index (χ1n) is 8.57. The molecule has 7 heteroatoms. The van der Waals surface area contributed by atoms with Gasteiger partial charge in [0.15, 0.2) is 5.82 Å². The van der Waals surface area contributed by atoms with Crippen LogP contribution < -0.4 is 0 Å². The van der Waals surface area contributed by atoms with E-state index in [0.29, 0.717) is 26.7 Å². The van der Waals surface area contributed by atoms with Gasteiger partial charge in [0.2, 0.25) is 0 Å². The second kappa shape index (κ2) is 7.92. The van der Waals surface area contributed by atoms with Gasteiger partial charge in [0.25, 0.3) is 0 Å². The van der Waals surface area contributed by atoms with Gasteiger partial charge in [-0.05, 0) is 54.4 Å². The highest BCUT2D eigenvalue weighted by atomic mass is 35.5. The summed E-state index contributed by atoms with van der Waals surface area (Å²) < 4.78 is 0. The molecule has 1 unspecified atom stereocenters. The summed E-state index contributed by atoms with van der Waals surface area (Å²) in [6, 6.07) is 17.0. The van der Waals surface area contributed by atoms with Crippen LogP contribution in [-0.2, 0) is 0 Å². The molecule has 2 heterocycles. The molecule has 4 rings (SSSR count). The van der Waals surface area contributed by atoms with Gasteiger partial charge in [0.05, 0.1) is 21.7 Å². The van der Waals surface area contributed by atoms with E-state index in [2.05, 4.69) is 15.2 Å². The van der Waals surface area contributed by atoms with E-state index >= 15 is 0 Å². The van der Waals surface area contributed by atoms with E-state index in [-0.39, 0.29) is 5.92 Å². The molecule has 4 nitrogen and oxygen atoms in total. The number of hydrogen-bond acceptors (Lipinski definition) is 3. The Kier molecular flexibility index (Phi) is 5.36. The lowest BCUT2D eigenvalue weighted by Gasteiger charge is -2.14. The van der Waals surface area contributed by atoms with Gasteiger partial charge in [-0.15, -0.1) is 0 Å². The molecule has 0 amide bonds. The second-order valence-corrected chi connectivity index (χ2v) is 7.67. The minimum atomic E-state index is -0.207. The SMILES string of the molecule is Cc1ccc(C(c2ccc(Cl)cc2)c2nc(-c3ccc(Cl)c(Cl)c3)n[nH]2)nc1. The second-order valence-electron chi connectivity index (χ2n) is 6.42. The van der Waals surface area contributed by atoms with E-state index in [0.717, 1.165) is 22.4 Å². The Balaban J connectivity index is 1.78. The van der Waals surface area contributed by atoms with Crippen molar-refractivity contribution in [1.29, 1.82) is 0 Å². The van der Waals surface area contributed by atoms with Gasteiger partial charge >= 0.3 is 0 Å². The number of aromatic nitrogens is 4. The molecule has 0 saturated heterocycles. The lowest BCUT2D eigenvalue weighted by atomic mass is 9.94. The Morgan fingerprint density at radius 2 is 1.68 bits per heavy atom. The molecule has 1 N–H and O–H groups in total. The summed E-state index contributed by atoms with van der Waals surface area (Å²) in [4.78, 5) is 9.31. The standard InChI is InChI=1S/C21H15Cl3N4/c1-12-2-9-18(25-11-12)19(13-3-6-15(22)7-4-13)21-26-20(27-28-21)14-5-8-16(23)17(24)10-14/h2-11,19H,1H3,(H,26,27,28). The molecule has 1 atom stereocenters. The van der Waals surface area contributed by atoms with Crippen molar-refractivity contribution in [3.63, 3.8) is 0 Å². The zero-order valence-electron chi connectivity index (χ0n) is 14.8. The predicted octanol–water partition coefficient (Wildman–Crippen LogP) is 6.32. The fourth-order valence-corrected chi connectivity index (χ4v) is 3.37. The summed E-state index contributed by atoms with van der Waals surface area (Å²) in [6.07, 6.45) is 1.84. The lowest BCUT2D eigenvalue weighted by molar-refractivity contribution is 0.829. The predicted molar refractivity (Wildman–Crippen MR) is 113 cm³/mol. The van der Waals surface area contributed by atoms with Gasteiger partial charge < -0.3 is 0 Å². The molecule has 0 bridgehead atoms. The van der Waals surface area contributed by atoms with Crippen LogP contribution in [0, 0.1) is 6.92 Å². The number of halogens is 3. The molecule has 0 aliphatic rings. The summed E-state index contributed by atoms with van der Waals surface area (Å²) >= 11 is 18.2. The van der Waals surface area contributed by atoms with Crippen LogP contribution in [0.4, 0.5) is 0 Å². The van der Waals surface area contributed by atoms with E-state index < -0.39 is 0 Å². The van der Waals surface area contributed by atoms with Crippen molar-refractivity contribution in [1.82, 2.24) is 20.2 Å². The smallest absolute Gasteiger partial charge is 0.181 e. The van der Waals surface area contributed by atoms with Crippen LogP contribution in [0.2, 0.25) is 15.1 Å². The molecule has 4 aromatic rings. The summed E-state index contributed by atoms with van der Waals surface area (Å²) in [7, 11) is 0. The lowest BCUT2D eigenvalue weighted by Crippen LogP contribution is -2.07. The molecule has 0 aliphatic heterocycles. The van der Waals surface area contributed by atoms with Gasteiger partial charge in [-0.1, -0.05) is 53.0 Å². The number of aryl methyl sites for hydroxylation is 1. The topological polar surface area (TPSA) is 54.5 Å². The van der Waals surface area contributed by atoms with Crippen LogP contribution >= 0.6 is 34.8 Å². The van der Waals surface area contributed by atoms with E-state index in [1.807, 2.05) is 55.6 Å². The van der Waals surface area contributed by atoms with Crippen molar-refractivity contribution in [2.24, 2.45) is 0 Å². The number of H-pyrrole nitrogens is 1. The highest BCUT2D eigenvalue weighted by Crippen LogP contribution is 2.32. The molecule has 0 fully saturated rings. The number of nitrogens with zero attached hydrogens (tertiary/aromatic N) is 3. The summed E-state index contributed by atoms with van der Waals surface area (Å²) in [5.74, 6) is 1.02. The van der Waals surface area contributed by atoms with Crippen LogP contribution in [0.3, 0.4) is 0 Å². The van der Waals surface area contributed by atoms with Gasteiger partial charge in [-0.25, -0.2) is 4.98 Å². The Morgan fingerprint density at radius 1 is 0.893 bits per heavy atom. The fourth-order valence-electron chi connectivity index (χ4n) is 2.94. The Bertz CT molecular complexity index is 1060. The number of pyridine rings is 1. The van der Waals surface area contributed by atoms with Crippen molar-refractivity contribution in [2.75, 3.05) is 0 Å². The van der Waals surface area contributed by atoms with Crippen molar-refractivity contribution >= 4 is 34.8 Å². The van der Waals surface area contributed by atoms with Crippen LogP contribution in [-0.4, -0.2) is 20.2 Å². The molecular weight excluding hydrogens is 415 g/mol. The van der Waals surface area contributed by atoms with Gasteiger partial charge in [-0.3, -0.25) is 10.1 Å². The van der Waals surface area contributed by atoms with Crippen molar-refractivity contribution in [3.8, 4) is 11.4 Å². The quantitative estimate of drug-likeness (QED) is 0.413. The minimum Gasteiger partial charge on any atom is -0.262 e. The number of rotatable bonds is 4. The summed E-state index contributed by atoms with van der Waals surface area (Å²) in [6.45, 7) is 2.00. The molecule has 0 aliphatic carbocycles. The van der Waals surface area contributed by atoms with Crippen molar-refractivity contribution in [2.45, 2.75) is 12.8 Å². The molecule has 2 aromatic heterocycles. The van der Waals surface area contributed by atoms with Crippen LogP contribution in [0.1, 0.15) is 28.6 Å². The number of hydrogen-bond donors (Lipinski definition) is 1. The van der Waals surface area contributed by atoms with Crippen molar-refractivity contribution in [3.05, 3.63) is 98.5 Å². The molecule has 140 valence electrons. The first-order valence-corrected chi connectivity index (χ1v) is 9.70. The molecule has 28 heavy (non-hydrogen) atoms. The third kappa shape index (κ3) is 3.90. The maximum absolute atomic E-state index is 6.13. The number of nitrogens with one attached hydrogen (secondary N) is 1.